The Kier molecular flexibility index (Phi) is 9.29. The molecule has 182 valence electrons. The van der Waals surface area contributed by atoms with Crippen molar-refractivity contribution in [2.75, 3.05) is 26.9 Å². The van der Waals surface area contributed by atoms with Crippen molar-refractivity contribution in [1.29, 1.82) is 0 Å². The van der Waals surface area contributed by atoms with E-state index in [0.29, 0.717) is 37.1 Å². The Morgan fingerprint density at radius 1 is 0.727 bits per heavy atom. The van der Waals surface area contributed by atoms with Gasteiger partial charge in [-0.3, -0.25) is 0 Å². The van der Waals surface area contributed by atoms with Crippen molar-refractivity contribution in [3.05, 3.63) is 41.5 Å². The zero-order chi connectivity index (χ0) is 24.6. The van der Waals surface area contributed by atoms with Gasteiger partial charge in [0, 0.05) is 0 Å². The molecule has 6 heteroatoms. The maximum absolute atomic E-state index is 6.55. The Balaban J connectivity index is 2.42. The van der Waals surface area contributed by atoms with Crippen LogP contribution in [0.2, 0.25) is 18.1 Å². The van der Waals surface area contributed by atoms with Gasteiger partial charge in [0.2, 0.25) is 5.75 Å². The molecule has 0 spiro atoms. The molecule has 0 aliphatic carbocycles. The number of rotatable bonds is 11. The standard InChI is InChI=1S/C27H40O5Si/c1-10-29-24-18-21(19-25(30-11-2)26(24)31-12-3)14-13-20-15-16-22(28-7)23(17-20)32-33(8,9)27(4,5)6/h13-19H,10-12H2,1-9H3. The van der Waals surface area contributed by atoms with Gasteiger partial charge in [-0.2, -0.15) is 0 Å². The highest BCUT2D eigenvalue weighted by Gasteiger charge is 2.39. The molecule has 0 bridgehead atoms. The first-order valence-electron chi connectivity index (χ1n) is 11.7. The minimum absolute atomic E-state index is 0.0948. The van der Waals surface area contributed by atoms with E-state index in [1.165, 1.54) is 0 Å². The average Bonchev–Trinajstić information content (AvgIpc) is 2.74. The molecule has 0 aliphatic rings. The van der Waals surface area contributed by atoms with Gasteiger partial charge in [0.15, 0.2) is 17.2 Å². The van der Waals surface area contributed by atoms with Crippen LogP contribution < -0.4 is 23.4 Å². The Labute approximate surface area is 200 Å². The largest absolute Gasteiger partial charge is 0.541 e. The van der Waals surface area contributed by atoms with Crippen molar-refractivity contribution in [2.24, 2.45) is 0 Å². The van der Waals surface area contributed by atoms with Crippen LogP contribution >= 0.6 is 0 Å². The number of benzene rings is 2. The molecule has 0 aliphatic heterocycles. The first-order valence-corrected chi connectivity index (χ1v) is 14.6. The summed E-state index contributed by atoms with van der Waals surface area (Å²) < 4.78 is 29.6. The third-order valence-corrected chi connectivity index (χ3v) is 10.1. The van der Waals surface area contributed by atoms with E-state index in [2.05, 4.69) is 39.9 Å². The van der Waals surface area contributed by atoms with Gasteiger partial charge in [-0.25, -0.2) is 0 Å². The summed E-state index contributed by atoms with van der Waals surface area (Å²) in [4.78, 5) is 0. The summed E-state index contributed by atoms with van der Waals surface area (Å²) in [5.74, 6) is 3.54. The van der Waals surface area contributed by atoms with Gasteiger partial charge in [0.1, 0.15) is 5.75 Å². The molecule has 0 radical (unpaired) electrons. The highest BCUT2D eigenvalue weighted by molar-refractivity contribution is 6.74. The van der Waals surface area contributed by atoms with Crippen molar-refractivity contribution in [2.45, 2.75) is 59.7 Å². The second-order valence-corrected chi connectivity index (χ2v) is 14.0. The summed E-state index contributed by atoms with van der Waals surface area (Å²) in [5.41, 5.74) is 1.99. The van der Waals surface area contributed by atoms with Crippen molar-refractivity contribution in [1.82, 2.24) is 0 Å². The summed E-state index contributed by atoms with van der Waals surface area (Å²) in [7, 11) is -0.327. The summed E-state index contributed by atoms with van der Waals surface area (Å²) in [6.45, 7) is 18.7. The second kappa shape index (κ2) is 11.5. The summed E-state index contributed by atoms with van der Waals surface area (Å²) in [6.07, 6.45) is 4.10. The Morgan fingerprint density at radius 3 is 1.73 bits per heavy atom. The van der Waals surface area contributed by atoms with E-state index in [0.717, 1.165) is 22.6 Å². The highest BCUT2D eigenvalue weighted by atomic mass is 28.4. The molecule has 0 unspecified atom stereocenters. The quantitative estimate of drug-likeness (QED) is 0.251. The fourth-order valence-corrected chi connectivity index (χ4v) is 4.02. The van der Waals surface area contributed by atoms with Crippen LogP contribution in [-0.4, -0.2) is 35.2 Å². The molecule has 0 fully saturated rings. The molecule has 2 aromatic rings. The molecule has 0 saturated heterocycles. The first kappa shape index (κ1) is 26.6. The monoisotopic (exact) mass is 472 g/mol. The van der Waals surface area contributed by atoms with Gasteiger partial charge in [-0.15, -0.1) is 0 Å². The van der Waals surface area contributed by atoms with Crippen molar-refractivity contribution < 1.29 is 23.4 Å². The Bertz CT molecular complexity index is 917. The van der Waals surface area contributed by atoms with Crippen LogP contribution in [0, 0.1) is 0 Å². The zero-order valence-corrected chi connectivity index (χ0v) is 22.7. The van der Waals surface area contributed by atoms with Crippen LogP contribution in [0.4, 0.5) is 0 Å². The van der Waals surface area contributed by atoms with Crippen LogP contribution in [0.15, 0.2) is 30.3 Å². The molecule has 0 aromatic heterocycles. The van der Waals surface area contributed by atoms with Crippen molar-refractivity contribution in [3.63, 3.8) is 0 Å². The van der Waals surface area contributed by atoms with E-state index in [1.54, 1.807) is 7.11 Å². The smallest absolute Gasteiger partial charge is 0.250 e. The predicted octanol–water partition coefficient (Wildman–Crippen LogP) is 7.45. The normalized spacial score (nSPS) is 12.0. The highest BCUT2D eigenvalue weighted by Crippen LogP contribution is 2.41. The summed E-state index contributed by atoms with van der Waals surface area (Å²) in [6, 6.07) is 9.97. The maximum atomic E-state index is 6.55. The third-order valence-electron chi connectivity index (χ3n) is 5.76. The maximum Gasteiger partial charge on any atom is 0.250 e. The van der Waals surface area contributed by atoms with Gasteiger partial charge >= 0.3 is 0 Å². The lowest BCUT2D eigenvalue weighted by Crippen LogP contribution is -2.43. The number of ether oxygens (including phenoxy) is 4. The predicted molar refractivity (Wildman–Crippen MR) is 140 cm³/mol. The minimum atomic E-state index is -2.00. The van der Waals surface area contributed by atoms with Crippen LogP contribution in [0.25, 0.3) is 12.2 Å². The zero-order valence-electron chi connectivity index (χ0n) is 21.7. The summed E-state index contributed by atoms with van der Waals surface area (Å²) in [5, 5.41) is 0.0948. The summed E-state index contributed by atoms with van der Waals surface area (Å²) >= 11 is 0. The van der Waals surface area contributed by atoms with Gasteiger partial charge < -0.3 is 23.4 Å². The lowest BCUT2D eigenvalue weighted by Gasteiger charge is -2.36. The molecular weight excluding hydrogens is 432 g/mol. The third kappa shape index (κ3) is 6.94. The van der Waals surface area contributed by atoms with Crippen molar-refractivity contribution >= 4 is 20.5 Å². The SMILES string of the molecule is CCOc1cc(C=Cc2ccc(OC)c(O[Si](C)(C)C(C)(C)C)c2)cc(OCC)c1OCC. The minimum Gasteiger partial charge on any atom is -0.541 e. The lowest BCUT2D eigenvalue weighted by atomic mass is 10.1. The van der Waals surface area contributed by atoms with Crippen LogP contribution in [0.1, 0.15) is 52.7 Å². The number of methoxy groups -OCH3 is 1. The molecule has 0 atom stereocenters. The van der Waals surface area contributed by atoms with Gasteiger partial charge in [0.25, 0.3) is 8.32 Å². The van der Waals surface area contributed by atoms with Gasteiger partial charge in [-0.1, -0.05) is 39.0 Å². The van der Waals surface area contributed by atoms with Crippen LogP contribution in [0.3, 0.4) is 0 Å². The molecular formula is C27H40O5Si. The van der Waals surface area contributed by atoms with Crippen LogP contribution in [0.5, 0.6) is 28.7 Å². The molecule has 0 saturated carbocycles. The van der Waals surface area contributed by atoms with E-state index < -0.39 is 8.32 Å². The molecule has 2 aromatic carbocycles. The second-order valence-electron chi connectivity index (χ2n) is 9.25. The van der Waals surface area contributed by atoms with E-state index >= 15 is 0 Å². The fourth-order valence-electron chi connectivity index (χ4n) is 3.00. The van der Waals surface area contributed by atoms with Crippen molar-refractivity contribution in [3.8, 4) is 28.7 Å². The van der Waals surface area contributed by atoms with Gasteiger partial charge in [-0.05, 0) is 74.3 Å². The van der Waals surface area contributed by atoms with E-state index in [-0.39, 0.29) is 5.04 Å². The van der Waals surface area contributed by atoms with E-state index in [9.17, 15) is 0 Å². The molecule has 33 heavy (non-hydrogen) atoms. The topological polar surface area (TPSA) is 46.2 Å². The lowest BCUT2D eigenvalue weighted by molar-refractivity contribution is 0.260. The molecule has 0 amide bonds. The average molecular weight is 473 g/mol. The molecule has 5 nitrogen and oxygen atoms in total. The Hall–Kier alpha value is -2.60. The van der Waals surface area contributed by atoms with E-state index in [4.69, 9.17) is 23.4 Å². The Morgan fingerprint density at radius 2 is 1.24 bits per heavy atom. The van der Waals surface area contributed by atoms with E-state index in [1.807, 2.05) is 57.2 Å². The molecule has 0 N–H and O–H groups in total. The molecule has 2 rings (SSSR count). The fraction of sp³-hybridized carbons (Fsp3) is 0.481. The number of hydrogen-bond acceptors (Lipinski definition) is 5. The van der Waals surface area contributed by atoms with Gasteiger partial charge in [0.05, 0.1) is 26.9 Å². The van der Waals surface area contributed by atoms with Crippen LogP contribution in [-0.2, 0) is 0 Å². The molecule has 0 heterocycles. The number of hydrogen-bond donors (Lipinski definition) is 0. The first-order chi connectivity index (χ1) is 15.6.